The number of fused-ring (bicyclic) bond motifs is 8. The Morgan fingerprint density at radius 3 is 1.81 bits per heavy atom. The molecule has 0 radical (unpaired) electrons. The number of para-hydroxylation sites is 2. The molecule has 0 unspecified atom stereocenters. The number of anilines is 4. The third-order valence-electron chi connectivity index (χ3n) is 9.71. The van der Waals surface area contributed by atoms with E-state index in [9.17, 15) is 9.59 Å². The van der Waals surface area contributed by atoms with Crippen LogP contribution in [-0.2, 0) is 12.8 Å². The molecule has 0 bridgehead atoms. The summed E-state index contributed by atoms with van der Waals surface area (Å²) in [5.41, 5.74) is 13.1. The van der Waals surface area contributed by atoms with Crippen LogP contribution in [-0.4, -0.2) is 44.0 Å². The average molecular weight is 571 g/mol. The lowest BCUT2D eigenvalue weighted by atomic mass is 10.0. The first-order valence-electron chi connectivity index (χ1n) is 15.2. The number of carbonyl (C=O) groups is 2. The molecule has 4 aliphatic rings. The third-order valence-corrected chi connectivity index (χ3v) is 9.71. The number of amides is 2. The van der Waals surface area contributed by atoms with Gasteiger partial charge >= 0.3 is 0 Å². The highest BCUT2D eigenvalue weighted by Gasteiger charge is 2.39. The summed E-state index contributed by atoms with van der Waals surface area (Å²) in [6.07, 6.45) is 1.87. The molecule has 0 aromatic heterocycles. The zero-order chi connectivity index (χ0) is 30.0. The quantitative estimate of drug-likeness (QED) is 0.258. The summed E-state index contributed by atoms with van der Waals surface area (Å²) in [6.45, 7) is 10.00. The molecule has 4 heterocycles. The summed E-state index contributed by atoms with van der Waals surface area (Å²) >= 11 is 0. The van der Waals surface area contributed by atoms with E-state index in [2.05, 4.69) is 87.4 Å². The second kappa shape index (κ2) is 10.3. The van der Waals surface area contributed by atoms with E-state index in [0.29, 0.717) is 0 Å². The van der Waals surface area contributed by atoms with E-state index >= 15 is 0 Å². The van der Waals surface area contributed by atoms with Crippen molar-refractivity contribution in [1.29, 1.82) is 0 Å². The summed E-state index contributed by atoms with van der Waals surface area (Å²) in [5.74, 6) is 0.255. The van der Waals surface area contributed by atoms with Crippen molar-refractivity contribution in [2.45, 2.75) is 52.6 Å². The Hall–Kier alpha value is -4.58. The maximum absolute atomic E-state index is 13.2. The number of hydrogen-bond acceptors (Lipinski definition) is 4. The number of carbonyl (C=O) groups excluding carboxylic acids is 2. The van der Waals surface area contributed by atoms with Crippen molar-refractivity contribution in [1.82, 2.24) is 0 Å². The van der Waals surface area contributed by atoms with Gasteiger partial charge in [-0.25, -0.2) is 0 Å². The number of nitrogens with zero attached hydrogens (tertiary/aromatic N) is 3. The molecule has 0 spiro atoms. The number of nitrogens with one attached hydrogen (secondary N) is 1. The van der Waals surface area contributed by atoms with Gasteiger partial charge in [-0.15, -0.1) is 0 Å². The molecule has 8 rings (SSSR count). The van der Waals surface area contributed by atoms with Gasteiger partial charge in [-0.1, -0.05) is 36.4 Å². The van der Waals surface area contributed by atoms with Gasteiger partial charge in [0.05, 0.1) is 23.2 Å². The molecule has 6 heteroatoms. The second-order valence-electron chi connectivity index (χ2n) is 12.5. The molecule has 0 saturated heterocycles. The van der Waals surface area contributed by atoms with Gasteiger partial charge in [0, 0.05) is 42.9 Å². The average Bonchev–Trinajstić information content (AvgIpc) is 3.49. The summed E-state index contributed by atoms with van der Waals surface area (Å²) in [4.78, 5) is 32.4. The van der Waals surface area contributed by atoms with E-state index < -0.39 is 0 Å². The van der Waals surface area contributed by atoms with E-state index in [4.69, 9.17) is 0 Å². The Morgan fingerprint density at radius 2 is 1.14 bits per heavy atom. The Balaban J connectivity index is 0.000000140. The Labute approximate surface area is 253 Å². The lowest BCUT2D eigenvalue weighted by Crippen LogP contribution is -2.41. The summed E-state index contributed by atoms with van der Waals surface area (Å²) < 4.78 is 0. The molecule has 2 atom stereocenters. The van der Waals surface area contributed by atoms with Gasteiger partial charge in [-0.05, 0) is 110 Å². The predicted molar refractivity (Wildman–Crippen MR) is 175 cm³/mol. The van der Waals surface area contributed by atoms with Gasteiger partial charge in [-0.3, -0.25) is 9.59 Å². The van der Waals surface area contributed by atoms with Crippen LogP contribution in [0.3, 0.4) is 0 Å². The van der Waals surface area contributed by atoms with Crippen molar-refractivity contribution in [3.63, 3.8) is 0 Å². The topological polar surface area (TPSA) is 55.9 Å². The molecule has 0 fully saturated rings. The van der Waals surface area contributed by atoms with Crippen molar-refractivity contribution < 1.29 is 9.59 Å². The summed E-state index contributed by atoms with van der Waals surface area (Å²) in [6, 6.07) is 25.3. The smallest absolute Gasteiger partial charge is 0.260 e. The lowest BCUT2D eigenvalue weighted by molar-refractivity contribution is 0.0975. The van der Waals surface area contributed by atoms with E-state index in [1.54, 1.807) is 0 Å². The first-order valence-corrected chi connectivity index (χ1v) is 15.2. The summed E-state index contributed by atoms with van der Waals surface area (Å²) in [7, 11) is 2.09. The maximum Gasteiger partial charge on any atom is 0.260 e. The standard InChI is InChI=1S/C19H20N2O.C18H18N2O/c1-12-8-16-18(9-13(12)2)20(3)11-15-10-14-6-4-5-7-17(14)21(15)19(16)22;1-11-7-15-16(8-12(11)2)19-10-14-9-13-5-3-4-6-17(13)20(14)18(15)21/h4-9,15H,10-11H2,1-3H3;3-8,14,19H,9-10H2,1-2H3/t15-;14-/m00/s1. The Kier molecular flexibility index (Phi) is 6.53. The minimum absolute atomic E-state index is 0.119. The highest BCUT2D eigenvalue weighted by Crippen LogP contribution is 2.39. The number of benzene rings is 4. The van der Waals surface area contributed by atoms with Crippen LogP contribution in [0.15, 0.2) is 72.8 Å². The van der Waals surface area contributed by atoms with Gasteiger partial charge in [0.15, 0.2) is 0 Å². The molecule has 4 aromatic rings. The third kappa shape index (κ3) is 4.48. The van der Waals surface area contributed by atoms with Crippen LogP contribution in [0.1, 0.15) is 54.1 Å². The molecule has 6 nitrogen and oxygen atoms in total. The molecule has 4 aromatic carbocycles. The molecule has 43 heavy (non-hydrogen) atoms. The number of rotatable bonds is 0. The van der Waals surface area contributed by atoms with Crippen molar-refractivity contribution in [3.05, 3.63) is 117 Å². The predicted octanol–water partition coefficient (Wildman–Crippen LogP) is 6.63. The molecule has 0 saturated carbocycles. The number of likely N-dealkylation sites (N-methyl/N-ethyl adjacent to an activating group) is 1. The van der Waals surface area contributed by atoms with E-state index in [1.807, 2.05) is 40.1 Å². The first kappa shape index (κ1) is 27.3. The van der Waals surface area contributed by atoms with Crippen molar-refractivity contribution >= 4 is 34.6 Å². The Bertz CT molecular complexity index is 1790. The van der Waals surface area contributed by atoms with Gasteiger partial charge in [0.2, 0.25) is 0 Å². The highest BCUT2D eigenvalue weighted by molar-refractivity contribution is 6.13. The van der Waals surface area contributed by atoms with Crippen LogP contribution in [0, 0.1) is 27.7 Å². The first-order chi connectivity index (χ1) is 20.7. The van der Waals surface area contributed by atoms with Crippen LogP contribution in [0.2, 0.25) is 0 Å². The minimum Gasteiger partial charge on any atom is -0.382 e. The largest absolute Gasteiger partial charge is 0.382 e. The number of aryl methyl sites for hydroxylation is 4. The highest BCUT2D eigenvalue weighted by atomic mass is 16.2. The van der Waals surface area contributed by atoms with Crippen molar-refractivity contribution in [3.8, 4) is 0 Å². The van der Waals surface area contributed by atoms with E-state index in [1.165, 1.54) is 27.8 Å². The number of hydrogen-bond donors (Lipinski definition) is 1. The van der Waals surface area contributed by atoms with Crippen LogP contribution in [0.4, 0.5) is 22.7 Å². The van der Waals surface area contributed by atoms with Crippen molar-refractivity contribution in [2.75, 3.05) is 40.2 Å². The molecule has 218 valence electrons. The minimum atomic E-state index is 0.119. The van der Waals surface area contributed by atoms with Crippen LogP contribution < -0.4 is 20.0 Å². The van der Waals surface area contributed by atoms with Gasteiger partial charge in [-0.2, -0.15) is 0 Å². The molecule has 4 aliphatic heterocycles. The van der Waals surface area contributed by atoms with Crippen molar-refractivity contribution in [2.24, 2.45) is 0 Å². The maximum atomic E-state index is 13.2. The SMILES string of the molecule is Cc1cc2c(cc1C)C(=O)N1c3ccccc3C[C@H]1CN2.Cc1cc2c(cc1C)N(C)C[C@@H]1Cc3ccccc3N1C2=O. The van der Waals surface area contributed by atoms with Gasteiger partial charge in [0.1, 0.15) is 0 Å². The van der Waals surface area contributed by atoms with Gasteiger partial charge in [0.25, 0.3) is 11.8 Å². The molecular weight excluding hydrogens is 532 g/mol. The van der Waals surface area contributed by atoms with Crippen LogP contribution in [0.25, 0.3) is 0 Å². The van der Waals surface area contributed by atoms with Crippen LogP contribution in [0.5, 0.6) is 0 Å². The lowest BCUT2D eigenvalue weighted by Gasteiger charge is -2.25. The van der Waals surface area contributed by atoms with E-state index in [-0.39, 0.29) is 23.9 Å². The fourth-order valence-electron chi connectivity index (χ4n) is 7.11. The molecule has 2 amide bonds. The van der Waals surface area contributed by atoms with E-state index in [0.717, 1.165) is 65.4 Å². The molecule has 0 aliphatic carbocycles. The monoisotopic (exact) mass is 570 g/mol. The van der Waals surface area contributed by atoms with Crippen LogP contribution >= 0.6 is 0 Å². The zero-order valence-corrected chi connectivity index (χ0v) is 25.6. The normalized spacial score (nSPS) is 19.5. The summed E-state index contributed by atoms with van der Waals surface area (Å²) in [5, 5.41) is 3.47. The molecular formula is C37H38N4O2. The fraction of sp³-hybridized carbons (Fsp3) is 0.297. The fourth-order valence-corrected chi connectivity index (χ4v) is 7.11. The zero-order valence-electron chi connectivity index (χ0n) is 25.6. The van der Waals surface area contributed by atoms with Gasteiger partial charge < -0.3 is 20.0 Å². The molecule has 1 N–H and O–H groups in total. The Morgan fingerprint density at radius 1 is 0.628 bits per heavy atom. The second-order valence-corrected chi connectivity index (χ2v) is 12.5.